The van der Waals surface area contributed by atoms with Gasteiger partial charge in [0.15, 0.2) is 0 Å². The van der Waals surface area contributed by atoms with E-state index in [-0.39, 0.29) is 5.63 Å². The molecule has 2 aromatic carbocycles. The highest BCUT2D eigenvalue weighted by Crippen LogP contribution is 2.26. The number of para-hydroxylation sites is 1. The molecule has 0 saturated heterocycles. The van der Waals surface area contributed by atoms with Gasteiger partial charge in [-0.25, -0.2) is 14.8 Å². The maximum Gasteiger partial charge on any atom is 0.347 e. The van der Waals surface area contributed by atoms with Crippen molar-refractivity contribution >= 4 is 10.9 Å². The molecule has 0 amide bonds. The monoisotopic (exact) mass is 303 g/mol. The number of hydrogen-bond donors (Lipinski definition) is 0. The summed E-state index contributed by atoms with van der Waals surface area (Å²) >= 11 is 0. The Morgan fingerprint density at radius 1 is 1.09 bits per heavy atom. The van der Waals surface area contributed by atoms with E-state index in [1.54, 1.807) is 12.5 Å². The number of benzene rings is 2. The Bertz CT molecular complexity index is 1050. The Kier molecular flexibility index (Phi) is 3.05. The van der Waals surface area contributed by atoms with Crippen LogP contribution in [0.5, 0.6) is 0 Å². The maximum absolute atomic E-state index is 12.4. The van der Waals surface area contributed by atoms with Crippen LogP contribution in [0.3, 0.4) is 0 Å². The average molecular weight is 303 g/mol. The summed E-state index contributed by atoms with van der Waals surface area (Å²) in [7, 11) is 0. The average Bonchev–Trinajstić information content (AvgIpc) is 3.09. The highest BCUT2D eigenvalue weighted by Gasteiger charge is 2.13. The molecule has 0 fully saturated rings. The van der Waals surface area contributed by atoms with Gasteiger partial charge in [-0.2, -0.15) is 0 Å². The van der Waals surface area contributed by atoms with Gasteiger partial charge in [0.2, 0.25) is 5.89 Å². The van der Waals surface area contributed by atoms with E-state index < -0.39 is 0 Å². The molecule has 5 heteroatoms. The van der Waals surface area contributed by atoms with E-state index in [0.717, 1.165) is 16.8 Å². The van der Waals surface area contributed by atoms with Crippen molar-refractivity contribution in [1.82, 2.24) is 14.5 Å². The third-order valence-electron chi connectivity index (χ3n) is 3.78. The molecule has 23 heavy (non-hydrogen) atoms. The van der Waals surface area contributed by atoms with Crippen LogP contribution < -0.4 is 5.63 Å². The van der Waals surface area contributed by atoms with Crippen LogP contribution in [-0.4, -0.2) is 14.5 Å². The summed E-state index contributed by atoms with van der Waals surface area (Å²) in [6.45, 7) is 1.88. The molecule has 0 bridgehead atoms. The van der Waals surface area contributed by atoms with Crippen molar-refractivity contribution < 1.29 is 4.42 Å². The summed E-state index contributed by atoms with van der Waals surface area (Å²) in [6.07, 6.45) is 5.23. The topological polar surface area (TPSA) is 60.9 Å². The molecular formula is C18H13N3O2. The van der Waals surface area contributed by atoms with Gasteiger partial charge in [0, 0.05) is 12.4 Å². The van der Waals surface area contributed by atoms with Gasteiger partial charge in [0.1, 0.15) is 0 Å². The molecule has 4 aromatic rings. The fourth-order valence-electron chi connectivity index (χ4n) is 2.68. The van der Waals surface area contributed by atoms with Gasteiger partial charge in [0.25, 0.3) is 0 Å². The number of aromatic nitrogens is 3. The SMILES string of the molecule is Cc1cccc2nc(-c3ccccc3-n3ccnc3)oc(=O)c12. The second-order valence-electron chi connectivity index (χ2n) is 5.26. The van der Waals surface area contributed by atoms with E-state index in [4.69, 9.17) is 4.42 Å². The molecule has 4 rings (SSSR count). The van der Waals surface area contributed by atoms with E-state index in [1.807, 2.05) is 60.2 Å². The highest BCUT2D eigenvalue weighted by molar-refractivity contribution is 5.82. The van der Waals surface area contributed by atoms with Crippen molar-refractivity contribution in [1.29, 1.82) is 0 Å². The first-order valence-electron chi connectivity index (χ1n) is 7.22. The molecule has 0 N–H and O–H groups in total. The Morgan fingerprint density at radius 3 is 2.78 bits per heavy atom. The minimum Gasteiger partial charge on any atom is -0.403 e. The van der Waals surface area contributed by atoms with Crippen molar-refractivity contribution in [3.8, 4) is 17.1 Å². The number of nitrogens with zero attached hydrogens (tertiary/aromatic N) is 3. The maximum atomic E-state index is 12.4. The van der Waals surface area contributed by atoms with Crippen LogP contribution in [0.4, 0.5) is 0 Å². The summed E-state index contributed by atoms with van der Waals surface area (Å²) < 4.78 is 7.35. The fraction of sp³-hybridized carbons (Fsp3) is 0.0556. The molecule has 0 atom stereocenters. The summed E-state index contributed by atoms with van der Waals surface area (Å²) in [6, 6.07) is 13.2. The number of hydrogen-bond acceptors (Lipinski definition) is 4. The van der Waals surface area contributed by atoms with Crippen molar-refractivity contribution in [2.45, 2.75) is 6.92 Å². The summed E-state index contributed by atoms with van der Waals surface area (Å²) in [5.74, 6) is 0.303. The van der Waals surface area contributed by atoms with E-state index in [2.05, 4.69) is 9.97 Å². The zero-order chi connectivity index (χ0) is 15.8. The summed E-state index contributed by atoms with van der Waals surface area (Å²) in [5.41, 5.74) is 2.72. The first-order valence-corrected chi connectivity index (χ1v) is 7.22. The standard InChI is InChI=1S/C18H13N3O2/c1-12-5-4-7-14-16(12)18(22)23-17(20-14)13-6-2-3-8-15(13)21-10-9-19-11-21/h2-11H,1H3. The van der Waals surface area contributed by atoms with Gasteiger partial charge in [0.05, 0.1) is 28.5 Å². The minimum atomic E-state index is -0.372. The normalized spacial score (nSPS) is 11.0. The van der Waals surface area contributed by atoms with Crippen LogP contribution in [-0.2, 0) is 0 Å². The molecule has 0 spiro atoms. The lowest BCUT2D eigenvalue weighted by atomic mass is 10.1. The van der Waals surface area contributed by atoms with Gasteiger partial charge in [-0.3, -0.25) is 0 Å². The Labute approximate surface area is 131 Å². The van der Waals surface area contributed by atoms with Gasteiger partial charge in [-0.1, -0.05) is 24.3 Å². The van der Waals surface area contributed by atoms with E-state index in [0.29, 0.717) is 16.8 Å². The fourth-order valence-corrected chi connectivity index (χ4v) is 2.68. The van der Waals surface area contributed by atoms with Crippen molar-refractivity contribution in [3.63, 3.8) is 0 Å². The van der Waals surface area contributed by atoms with Crippen LogP contribution in [0.1, 0.15) is 5.56 Å². The smallest absolute Gasteiger partial charge is 0.347 e. The molecule has 2 heterocycles. The summed E-state index contributed by atoms with van der Waals surface area (Å²) in [4.78, 5) is 21.0. The third-order valence-corrected chi connectivity index (χ3v) is 3.78. The largest absolute Gasteiger partial charge is 0.403 e. The second kappa shape index (κ2) is 5.21. The minimum absolute atomic E-state index is 0.303. The lowest BCUT2D eigenvalue weighted by Crippen LogP contribution is -2.05. The molecule has 0 unspecified atom stereocenters. The van der Waals surface area contributed by atoms with E-state index in [1.165, 1.54) is 0 Å². The van der Waals surface area contributed by atoms with Gasteiger partial charge < -0.3 is 8.98 Å². The van der Waals surface area contributed by atoms with E-state index in [9.17, 15) is 4.79 Å². The Morgan fingerprint density at radius 2 is 1.96 bits per heavy atom. The Balaban J connectivity index is 2.00. The van der Waals surface area contributed by atoms with Gasteiger partial charge in [-0.05, 0) is 30.7 Å². The molecule has 0 saturated carbocycles. The van der Waals surface area contributed by atoms with E-state index >= 15 is 0 Å². The van der Waals surface area contributed by atoms with Crippen molar-refractivity contribution in [3.05, 3.63) is 77.2 Å². The predicted octanol–water partition coefficient (Wildman–Crippen LogP) is 3.35. The van der Waals surface area contributed by atoms with Crippen LogP contribution in [0.25, 0.3) is 28.0 Å². The molecule has 0 radical (unpaired) electrons. The molecule has 0 aliphatic rings. The molecule has 112 valence electrons. The predicted molar refractivity (Wildman–Crippen MR) is 87.6 cm³/mol. The summed E-state index contributed by atoms with van der Waals surface area (Å²) in [5, 5.41) is 0.524. The number of aryl methyl sites for hydroxylation is 1. The third kappa shape index (κ3) is 2.23. The van der Waals surface area contributed by atoms with Gasteiger partial charge in [-0.15, -0.1) is 0 Å². The quantitative estimate of drug-likeness (QED) is 0.570. The molecule has 0 aliphatic heterocycles. The lowest BCUT2D eigenvalue weighted by molar-refractivity contribution is 0.518. The zero-order valence-corrected chi connectivity index (χ0v) is 12.4. The van der Waals surface area contributed by atoms with Crippen LogP contribution in [0, 0.1) is 6.92 Å². The zero-order valence-electron chi connectivity index (χ0n) is 12.4. The number of rotatable bonds is 2. The molecule has 0 aliphatic carbocycles. The number of fused-ring (bicyclic) bond motifs is 1. The lowest BCUT2D eigenvalue weighted by Gasteiger charge is -2.09. The highest BCUT2D eigenvalue weighted by atomic mass is 16.4. The Hall–Kier alpha value is -3.21. The molecular weight excluding hydrogens is 290 g/mol. The van der Waals surface area contributed by atoms with Gasteiger partial charge >= 0.3 is 5.63 Å². The first-order chi connectivity index (χ1) is 11.2. The second-order valence-corrected chi connectivity index (χ2v) is 5.26. The van der Waals surface area contributed by atoms with Crippen LogP contribution in [0.15, 0.2) is 70.4 Å². The molecule has 2 aromatic heterocycles. The molecule has 5 nitrogen and oxygen atoms in total. The first kappa shape index (κ1) is 13.5. The van der Waals surface area contributed by atoms with Crippen LogP contribution in [0.2, 0.25) is 0 Å². The van der Waals surface area contributed by atoms with Crippen molar-refractivity contribution in [2.24, 2.45) is 0 Å². The number of imidazole rings is 1. The van der Waals surface area contributed by atoms with Crippen LogP contribution >= 0.6 is 0 Å². The van der Waals surface area contributed by atoms with Crippen molar-refractivity contribution in [2.75, 3.05) is 0 Å².